The van der Waals surface area contributed by atoms with E-state index in [0.717, 1.165) is 43.0 Å². The van der Waals surface area contributed by atoms with Gasteiger partial charge in [-0.1, -0.05) is 12.1 Å². The minimum Gasteiger partial charge on any atom is -0.497 e. The minimum atomic E-state index is 0.264. The molecule has 0 radical (unpaired) electrons. The maximum atomic E-state index is 5.57. The van der Waals surface area contributed by atoms with E-state index < -0.39 is 0 Å². The Hall–Kier alpha value is -2.12. The second kappa shape index (κ2) is 8.12. The van der Waals surface area contributed by atoms with E-state index in [4.69, 9.17) is 21.7 Å². The van der Waals surface area contributed by atoms with Gasteiger partial charge in [0.25, 0.3) is 0 Å². The molecule has 2 heterocycles. The summed E-state index contributed by atoms with van der Waals surface area (Å²) >= 11 is 5.31. The number of rotatable bonds is 6. The summed E-state index contributed by atoms with van der Waals surface area (Å²) in [7, 11) is 1.67. The van der Waals surface area contributed by atoms with Crippen LogP contribution in [0.3, 0.4) is 0 Å². The molecule has 0 saturated carbocycles. The number of nitrogens with one attached hydrogen (secondary N) is 2. The maximum Gasteiger partial charge on any atom is 0.170 e. The standard InChI is InChI=1S/C17H22N4O2S/c1-22-15-5-2-4-13(8-15)11-21-12-14(9-19-21)20-17(24)18-10-16-6-3-7-23-16/h2,4-5,8-9,12,16H,3,6-7,10-11H2,1H3,(H2,18,20,24). The average molecular weight is 346 g/mol. The lowest BCUT2D eigenvalue weighted by Crippen LogP contribution is -2.34. The molecular weight excluding hydrogens is 324 g/mol. The molecule has 1 saturated heterocycles. The smallest absolute Gasteiger partial charge is 0.170 e. The van der Waals surface area contributed by atoms with E-state index in [1.54, 1.807) is 13.3 Å². The van der Waals surface area contributed by atoms with Crippen molar-refractivity contribution in [1.82, 2.24) is 15.1 Å². The number of hydrogen-bond acceptors (Lipinski definition) is 4. The van der Waals surface area contributed by atoms with Crippen molar-refractivity contribution in [2.45, 2.75) is 25.5 Å². The van der Waals surface area contributed by atoms with Gasteiger partial charge < -0.3 is 20.1 Å². The van der Waals surface area contributed by atoms with Crippen molar-refractivity contribution < 1.29 is 9.47 Å². The monoisotopic (exact) mass is 346 g/mol. The largest absolute Gasteiger partial charge is 0.497 e. The maximum absolute atomic E-state index is 5.57. The topological polar surface area (TPSA) is 60.3 Å². The highest BCUT2D eigenvalue weighted by Crippen LogP contribution is 2.14. The Balaban J connectivity index is 1.50. The third-order valence-corrected chi connectivity index (χ3v) is 4.13. The van der Waals surface area contributed by atoms with E-state index in [0.29, 0.717) is 11.7 Å². The number of benzene rings is 1. The zero-order valence-corrected chi connectivity index (χ0v) is 14.5. The number of anilines is 1. The van der Waals surface area contributed by atoms with Crippen LogP contribution in [0.15, 0.2) is 36.7 Å². The third kappa shape index (κ3) is 4.69. The van der Waals surface area contributed by atoms with Gasteiger partial charge in [-0.15, -0.1) is 0 Å². The lowest BCUT2D eigenvalue weighted by molar-refractivity contribution is 0.114. The lowest BCUT2D eigenvalue weighted by Gasteiger charge is -2.13. The molecule has 1 atom stereocenters. The number of thiocarbonyl (C=S) groups is 1. The van der Waals surface area contributed by atoms with Gasteiger partial charge >= 0.3 is 0 Å². The molecule has 128 valence electrons. The van der Waals surface area contributed by atoms with Gasteiger partial charge in [-0.3, -0.25) is 4.68 Å². The Morgan fingerprint density at radius 3 is 3.21 bits per heavy atom. The lowest BCUT2D eigenvalue weighted by atomic mass is 10.2. The molecule has 3 rings (SSSR count). The fourth-order valence-electron chi connectivity index (χ4n) is 2.66. The molecule has 1 aromatic carbocycles. The summed E-state index contributed by atoms with van der Waals surface area (Å²) < 4.78 is 12.7. The van der Waals surface area contributed by atoms with E-state index in [9.17, 15) is 0 Å². The van der Waals surface area contributed by atoms with Crippen molar-refractivity contribution in [3.63, 3.8) is 0 Å². The molecule has 1 aliphatic rings. The number of methoxy groups -OCH3 is 1. The number of aromatic nitrogens is 2. The van der Waals surface area contributed by atoms with Crippen molar-refractivity contribution in [3.8, 4) is 5.75 Å². The Morgan fingerprint density at radius 1 is 1.50 bits per heavy atom. The fraction of sp³-hybridized carbons (Fsp3) is 0.412. The summed E-state index contributed by atoms with van der Waals surface area (Å²) in [6.45, 7) is 2.27. The van der Waals surface area contributed by atoms with Gasteiger partial charge in [-0.25, -0.2) is 0 Å². The summed E-state index contributed by atoms with van der Waals surface area (Å²) in [6, 6.07) is 7.95. The van der Waals surface area contributed by atoms with Gasteiger partial charge in [0, 0.05) is 19.3 Å². The summed E-state index contributed by atoms with van der Waals surface area (Å²) in [5.41, 5.74) is 1.99. The number of hydrogen-bond donors (Lipinski definition) is 2. The van der Waals surface area contributed by atoms with Crippen LogP contribution in [-0.2, 0) is 11.3 Å². The van der Waals surface area contributed by atoms with Crippen LogP contribution in [0.1, 0.15) is 18.4 Å². The van der Waals surface area contributed by atoms with Gasteiger partial charge in [-0.2, -0.15) is 5.10 Å². The van der Waals surface area contributed by atoms with Crippen LogP contribution < -0.4 is 15.4 Å². The van der Waals surface area contributed by atoms with Crippen LogP contribution in [0.2, 0.25) is 0 Å². The Labute approximate surface area is 147 Å². The molecule has 0 spiro atoms. The van der Waals surface area contributed by atoms with Crippen molar-refractivity contribution in [2.24, 2.45) is 0 Å². The zero-order chi connectivity index (χ0) is 16.8. The highest BCUT2D eigenvalue weighted by Gasteiger charge is 2.15. The predicted octanol–water partition coefficient (Wildman–Crippen LogP) is 2.41. The van der Waals surface area contributed by atoms with Gasteiger partial charge in [0.05, 0.1) is 31.6 Å². The van der Waals surface area contributed by atoms with Crippen LogP contribution in [-0.4, -0.2) is 41.3 Å². The molecule has 0 amide bonds. The zero-order valence-electron chi connectivity index (χ0n) is 13.7. The third-order valence-electron chi connectivity index (χ3n) is 3.88. The highest BCUT2D eigenvalue weighted by molar-refractivity contribution is 7.80. The molecular formula is C17H22N4O2S. The Morgan fingerprint density at radius 2 is 2.42 bits per heavy atom. The molecule has 1 aromatic heterocycles. The molecule has 0 bridgehead atoms. The summed E-state index contributed by atoms with van der Waals surface area (Å²) in [5, 5.41) is 11.3. The SMILES string of the molecule is COc1cccc(Cn2cc(NC(=S)NCC3CCCO3)cn2)c1. The first kappa shape index (κ1) is 16.7. The second-order valence-electron chi connectivity index (χ2n) is 5.75. The molecule has 2 N–H and O–H groups in total. The molecule has 1 aliphatic heterocycles. The normalized spacial score (nSPS) is 16.8. The van der Waals surface area contributed by atoms with Crippen LogP contribution in [0.4, 0.5) is 5.69 Å². The molecule has 7 heteroatoms. The fourth-order valence-corrected chi connectivity index (χ4v) is 2.86. The van der Waals surface area contributed by atoms with Crippen LogP contribution in [0.5, 0.6) is 5.75 Å². The van der Waals surface area contributed by atoms with Gasteiger partial charge in [0.1, 0.15) is 5.75 Å². The summed E-state index contributed by atoms with van der Waals surface area (Å²) in [6.07, 6.45) is 6.18. The Kier molecular flexibility index (Phi) is 5.66. The Bertz CT molecular complexity index is 683. The first-order valence-electron chi connectivity index (χ1n) is 8.05. The van der Waals surface area contributed by atoms with E-state index in [1.807, 2.05) is 35.1 Å². The second-order valence-corrected chi connectivity index (χ2v) is 6.16. The summed E-state index contributed by atoms with van der Waals surface area (Å²) in [5.74, 6) is 0.845. The quantitative estimate of drug-likeness (QED) is 0.784. The average Bonchev–Trinajstić information content (AvgIpc) is 3.25. The number of ether oxygens (including phenoxy) is 2. The first-order valence-corrected chi connectivity index (χ1v) is 8.45. The molecule has 1 unspecified atom stereocenters. The van der Waals surface area contributed by atoms with Crippen molar-refractivity contribution >= 4 is 23.0 Å². The van der Waals surface area contributed by atoms with Crippen LogP contribution >= 0.6 is 12.2 Å². The van der Waals surface area contributed by atoms with E-state index >= 15 is 0 Å². The van der Waals surface area contributed by atoms with Crippen molar-refractivity contribution in [3.05, 3.63) is 42.2 Å². The van der Waals surface area contributed by atoms with E-state index in [2.05, 4.69) is 15.7 Å². The van der Waals surface area contributed by atoms with Crippen LogP contribution in [0, 0.1) is 0 Å². The van der Waals surface area contributed by atoms with E-state index in [1.165, 1.54) is 0 Å². The van der Waals surface area contributed by atoms with Gasteiger partial charge in [0.2, 0.25) is 0 Å². The predicted molar refractivity (Wildman–Crippen MR) is 97.5 cm³/mol. The minimum absolute atomic E-state index is 0.264. The molecule has 1 fully saturated rings. The van der Waals surface area contributed by atoms with Crippen molar-refractivity contribution in [1.29, 1.82) is 0 Å². The van der Waals surface area contributed by atoms with Crippen LogP contribution in [0.25, 0.3) is 0 Å². The molecule has 6 nitrogen and oxygen atoms in total. The summed E-state index contributed by atoms with van der Waals surface area (Å²) in [4.78, 5) is 0. The number of nitrogens with zero attached hydrogens (tertiary/aromatic N) is 2. The van der Waals surface area contributed by atoms with E-state index in [-0.39, 0.29) is 6.10 Å². The molecule has 0 aliphatic carbocycles. The molecule has 24 heavy (non-hydrogen) atoms. The van der Waals surface area contributed by atoms with Gasteiger partial charge in [0.15, 0.2) is 5.11 Å². The first-order chi connectivity index (χ1) is 11.7. The van der Waals surface area contributed by atoms with Crippen molar-refractivity contribution in [2.75, 3.05) is 25.6 Å². The van der Waals surface area contributed by atoms with Gasteiger partial charge in [-0.05, 0) is 42.8 Å². The highest BCUT2D eigenvalue weighted by atomic mass is 32.1. The molecule has 2 aromatic rings.